The average Bonchev–Trinajstić information content (AvgIpc) is 2.81. The van der Waals surface area contributed by atoms with Crippen molar-refractivity contribution in [2.45, 2.75) is 0 Å². The smallest absolute Gasteiger partial charge is 0.238 e. The van der Waals surface area contributed by atoms with Crippen molar-refractivity contribution in [2.75, 3.05) is 35.6 Å². The number of carbonyl (C=O) groups excluding carboxylic acids is 1. The number of nitrogens with zero attached hydrogens (tertiary/aromatic N) is 4. The van der Waals surface area contributed by atoms with Crippen LogP contribution in [-0.4, -0.2) is 54.9 Å². The van der Waals surface area contributed by atoms with Gasteiger partial charge in [-0.05, 0) is 56.6 Å². The van der Waals surface area contributed by atoms with E-state index in [4.69, 9.17) is 11.6 Å². The molecule has 0 saturated heterocycles. The van der Waals surface area contributed by atoms with Gasteiger partial charge >= 0.3 is 0 Å². The molecule has 4 aromatic rings. The monoisotopic (exact) mass is 526 g/mol. The number of halogens is 1. The van der Waals surface area contributed by atoms with Crippen LogP contribution in [0.2, 0.25) is 5.02 Å². The predicted octanol–water partition coefficient (Wildman–Crippen LogP) is 3.90. The maximum absolute atomic E-state index is 12.5. The van der Waals surface area contributed by atoms with Gasteiger partial charge in [0.2, 0.25) is 16.8 Å². The van der Waals surface area contributed by atoms with Gasteiger partial charge < -0.3 is 20.6 Å². The maximum atomic E-state index is 12.5. The molecule has 0 spiro atoms. The molecule has 10 nitrogen and oxygen atoms in total. The van der Waals surface area contributed by atoms with E-state index in [0.717, 1.165) is 4.31 Å². The molecule has 3 aromatic carbocycles. The Labute approximate surface area is 214 Å². The SMILES string of the molecule is CN(C)CC(=O)Nc1cccc(N(c2nc3ccccc3nc2Nc2cc(O)ccc2Cl)[SH](=O)=O)c1. The number of carbonyl (C=O) groups is 1. The standard InChI is InChI=1S/C24H23ClN6O4S/c1-30(2)14-22(33)26-15-6-5-7-16(12-15)31(36(34)35)24-23(27-19-8-3-4-9-20(19)29-24)28-21-13-17(32)10-11-18(21)25/h3-13,32,36H,14H2,1-2H3,(H,26,33)(H,27,28). The normalized spacial score (nSPS) is 11.1. The van der Waals surface area contributed by atoms with Crippen LogP contribution in [0.5, 0.6) is 5.75 Å². The number of benzene rings is 3. The van der Waals surface area contributed by atoms with E-state index in [0.29, 0.717) is 22.4 Å². The van der Waals surface area contributed by atoms with E-state index in [1.54, 1.807) is 61.5 Å². The van der Waals surface area contributed by atoms with Gasteiger partial charge in [-0.2, -0.15) is 0 Å². The highest BCUT2D eigenvalue weighted by atomic mass is 35.5. The number of phenolic OH excluding ortho intramolecular Hbond substituents is 1. The van der Waals surface area contributed by atoms with Crippen LogP contribution in [0, 0.1) is 0 Å². The van der Waals surface area contributed by atoms with E-state index in [1.807, 2.05) is 0 Å². The molecule has 1 amide bonds. The Hall–Kier alpha value is -3.93. The van der Waals surface area contributed by atoms with Crippen molar-refractivity contribution in [2.24, 2.45) is 0 Å². The summed E-state index contributed by atoms with van der Waals surface area (Å²) in [6.07, 6.45) is 0. The van der Waals surface area contributed by atoms with Gasteiger partial charge in [-0.1, -0.05) is 29.8 Å². The first-order chi connectivity index (χ1) is 17.2. The van der Waals surface area contributed by atoms with Crippen molar-refractivity contribution in [1.82, 2.24) is 14.9 Å². The minimum Gasteiger partial charge on any atom is -0.508 e. The second kappa shape index (κ2) is 10.8. The lowest BCUT2D eigenvalue weighted by Crippen LogP contribution is -2.27. The van der Waals surface area contributed by atoms with Gasteiger partial charge in [0.25, 0.3) is 0 Å². The van der Waals surface area contributed by atoms with Crippen LogP contribution in [0.25, 0.3) is 11.0 Å². The predicted molar refractivity (Wildman–Crippen MR) is 142 cm³/mol. The lowest BCUT2D eigenvalue weighted by Gasteiger charge is -2.21. The quantitative estimate of drug-likeness (QED) is 0.255. The number of aromatic hydroxyl groups is 1. The Morgan fingerprint density at radius 2 is 1.72 bits per heavy atom. The summed E-state index contributed by atoms with van der Waals surface area (Å²) in [5, 5.41) is 16.0. The number of amides is 1. The molecule has 0 bridgehead atoms. The molecule has 0 atom stereocenters. The minimum absolute atomic E-state index is 0.0130. The Balaban J connectivity index is 1.82. The van der Waals surface area contributed by atoms with Crippen LogP contribution in [0.3, 0.4) is 0 Å². The van der Waals surface area contributed by atoms with Gasteiger partial charge in [-0.3, -0.25) is 4.79 Å². The molecular formula is C24H23ClN6O4S. The maximum Gasteiger partial charge on any atom is 0.238 e. The Morgan fingerprint density at radius 1 is 1.00 bits per heavy atom. The number of hydrogen-bond donors (Lipinski definition) is 4. The molecule has 186 valence electrons. The molecule has 12 heteroatoms. The number of thiol groups is 1. The molecule has 0 aliphatic rings. The first kappa shape index (κ1) is 25.2. The van der Waals surface area contributed by atoms with Crippen LogP contribution in [0.4, 0.5) is 28.7 Å². The molecular weight excluding hydrogens is 504 g/mol. The number of aromatic nitrogens is 2. The fourth-order valence-electron chi connectivity index (χ4n) is 3.46. The van der Waals surface area contributed by atoms with E-state index in [-0.39, 0.29) is 40.5 Å². The molecule has 36 heavy (non-hydrogen) atoms. The molecule has 4 rings (SSSR count). The molecule has 0 unspecified atom stereocenters. The number of rotatable bonds is 8. The molecule has 1 aromatic heterocycles. The first-order valence-electron chi connectivity index (χ1n) is 10.7. The van der Waals surface area contributed by atoms with E-state index in [2.05, 4.69) is 20.6 Å². The Morgan fingerprint density at radius 3 is 2.42 bits per heavy atom. The third-order valence-corrected chi connectivity index (χ3v) is 6.03. The first-order valence-corrected chi connectivity index (χ1v) is 12.2. The van der Waals surface area contributed by atoms with Crippen LogP contribution < -0.4 is 14.9 Å². The second-order valence-electron chi connectivity index (χ2n) is 8.06. The number of nitrogens with one attached hydrogen (secondary N) is 2. The van der Waals surface area contributed by atoms with E-state index in [9.17, 15) is 18.3 Å². The van der Waals surface area contributed by atoms with E-state index < -0.39 is 10.9 Å². The summed E-state index contributed by atoms with van der Waals surface area (Å²) in [5.41, 5.74) is 1.96. The lowest BCUT2D eigenvalue weighted by molar-refractivity contribution is -0.116. The van der Waals surface area contributed by atoms with Gasteiger partial charge in [0.05, 0.1) is 34.0 Å². The summed E-state index contributed by atoms with van der Waals surface area (Å²) in [4.78, 5) is 23.1. The summed E-state index contributed by atoms with van der Waals surface area (Å²) in [7, 11) is 0.303. The fourth-order valence-corrected chi connectivity index (χ4v) is 4.23. The zero-order valence-corrected chi connectivity index (χ0v) is 21.0. The summed E-state index contributed by atoms with van der Waals surface area (Å²) in [6.45, 7) is 0.165. The topological polar surface area (TPSA) is 128 Å². The highest BCUT2D eigenvalue weighted by Crippen LogP contribution is 2.36. The fraction of sp³-hybridized carbons (Fsp3) is 0.125. The van der Waals surface area contributed by atoms with Crippen molar-refractivity contribution in [3.8, 4) is 5.75 Å². The largest absolute Gasteiger partial charge is 0.508 e. The highest BCUT2D eigenvalue weighted by molar-refractivity contribution is 7.74. The Kier molecular flexibility index (Phi) is 7.53. The molecule has 0 radical (unpaired) electrons. The number of para-hydroxylation sites is 2. The van der Waals surface area contributed by atoms with Crippen molar-refractivity contribution < 1.29 is 18.3 Å². The van der Waals surface area contributed by atoms with Crippen LogP contribution in [0.15, 0.2) is 66.7 Å². The third-order valence-electron chi connectivity index (χ3n) is 4.95. The summed E-state index contributed by atoms with van der Waals surface area (Å²) < 4.78 is 26.1. The average molecular weight is 527 g/mol. The van der Waals surface area contributed by atoms with Crippen molar-refractivity contribution in [3.05, 3.63) is 71.8 Å². The zero-order valence-electron chi connectivity index (χ0n) is 19.3. The summed E-state index contributed by atoms with van der Waals surface area (Å²) >= 11 is 6.28. The van der Waals surface area contributed by atoms with Gasteiger partial charge in [-0.15, -0.1) is 0 Å². The van der Waals surface area contributed by atoms with E-state index >= 15 is 0 Å². The molecule has 0 fully saturated rings. The lowest BCUT2D eigenvalue weighted by atomic mass is 10.2. The number of fused-ring (bicyclic) bond motifs is 1. The number of anilines is 5. The van der Waals surface area contributed by atoms with Gasteiger partial charge in [0.1, 0.15) is 5.75 Å². The van der Waals surface area contributed by atoms with Crippen LogP contribution in [-0.2, 0) is 15.7 Å². The molecule has 0 saturated carbocycles. The van der Waals surface area contributed by atoms with E-state index in [1.165, 1.54) is 24.3 Å². The van der Waals surface area contributed by atoms with Crippen molar-refractivity contribution in [1.29, 1.82) is 0 Å². The number of phenols is 1. The van der Waals surface area contributed by atoms with Gasteiger partial charge in [0.15, 0.2) is 11.6 Å². The van der Waals surface area contributed by atoms with Crippen LogP contribution in [0.1, 0.15) is 0 Å². The highest BCUT2D eigenvalue weighted by Gasteiger charge is 2.22. The molecule has 1 heterocycles. The van der Waals surface area contributed by atoms with Gasteiger partial charge in [-0.25, -0.2) is 22.7 Å². The minimum atomic E-state index is -3.24. The molecule has 0 aliphatic carbocycles. The summed E-state index contributed by atoms with van der Waals surface area (Å²) in [5.74, 6) is -0.199. The Bertz CT molecular complexity index is 1500. The molecule has 0 aliphatic heterocycles. The van der Waals surface area contributed by atoms with Crippen LogP contribution >= 0.6 is 11.6 Å². The second-order valence-corrected chi connectivity index (χ2v) is 9.34. The number of likely N-dealkylation sites (N-methyl/N-ethyl adjacent to an activating group) is 1. The van der Waals surface area contributed by atoms with Crippen molar-refractivity contribution in [3.63, 3.8) is 0 Å². The van der Waals surface area contributed by atoms with Gasteiger partial charge in [0, 0.05) is 11.8 Å². The third kappa shape index (κ3) is 5.82. The zero-order chi connectivity index (χ0) is 25.8. The van der Waals surface area contributed by atoms with Crippen molar-refractivity contribution >= 4 is 68.1 Å². The molecule has 3 N–H and O–H groups in total. The summed E-state index contributed by atoms with van der Waals surface area (Å²) in [6, 6.07) is 17.7. The number of hydrogen-bond acceptors (Lipinski definition) is 8.